The Bertz CT molecular complexity index is 333. The average molecular weight is 275 g/mol. The molecule has 102 valence electrons. The first kappa shape index (κ1) is 16.3. The fraction of sp³-hybridized carbons (Fsp3) is 0.600. The van der Waals surface area contributed by atoms with Crippen molar-refractivity contribution in [3.05, 3.63) is 0 Å². The summed E-state index contributed by atoms with van der Waals surface area (Å²) in [5.74, 6) is -0.884. The molecule has 18 heavy (non-hydrogen) atoms. The van der Waals surface area contributed by atoms with Crippen molar-refractivity contribution in [2.24, 2.45) is 0 Å². The number of esters is 1. The lowest BCUT2D eigenvalue weighted by Crippen LogP contribution is -2.37. The highest BCUT2D eigenvalue weighted by Crippen LogP contribution is 1.84. The lowest BCUT2D eigenvalue weighted by atomic mass is 10.4. The van der Waals surface area contributed by atoms with E-state index in [9.17, 15) is 14.4 Å². The Morgan fingerprint density at radius 3 is 2.28 bits per heavy atom. The maximum atomic E-state index is 11.3. The molecule has 0 bridgehead atoms. The minimum Gasteiger partial charge on any atom is -0.468 e. The second-order valence-electron chi connectivity index (χ2n) is 3.36. The number of amides is 2. The van der Waals surface area contributed by atoms with Gasteiger partial charge in [0.2, 0.25) is 11.8 Å². The molecule has 0 heterocycles. The van der Waals surface area contributed by atoms with Gasteiger partial charge in [0, 0.05) is 20.0 Å². The zero-order valence-corrected chi connectivity index (χ0v) is 11.2. The highest BCUT2D eigenvalue weighted by molar-refractivity contribution is 7.80. The Kier molecular flexibility index (Phi) is 8.46. The van der Waals surface area contributed by atoms with Crippen LogP contribution in [0.3, 0.4) is 0 Å². The van der Waals surface area contributed by atoms with Crippen LogP contribution in [0.2, 0.25) is 0 Å². The van der Waals surface area contributed by atoms with Gasteiger partial charge < -0.3 is 20.7 Å². The van der Waals surface area contributed by atoms with E-state index in [0.29, 0.717) is 13.1 Å². The molecule has 3 N–H and O–H groups in total. The average Bonchev–Trinajstić information content (AvgIpc) is 2.31. The van der Waals surface area contributed by atoms with Crippen molar-refractivity contribution >= 4 is 35.0 Å². The van der Waals surface area contributed by atoms with Gasteiger partial charge in [-0.15, -0.1) is 0 Å². The molecule has 8 heteroatoms. The zero-order chi connectivity index (χ0) is 14.0. The second kappa shape index (κ2) is 9.34. The third-order valence-corrected chi connectivity index (χ3v) is 2.09. The lowest BCUT2D eigenvalue weighted by Gasteiger charge is -2.08. The van der Waals surface area contributed by atoms with E-state index in [-0.39, 0.29) is 29.8 Å². The van der Waals surface area contributed by atoms with Gasteiger partial charge in [-0.05, 0) is 0 Å². The van der Waals surface area contributed by atoms with E-state index in [1.54, 1.807) is 0 Å². The van der Waals surface area contributed by atoms with Gasteiger partial charge in [0.1, 0.15) is 6.54 Å². The summed E-state index contributed by atoms with van der Waals surface area (Å²) in [6.45, 7) is 2.03. The van der Waals surface area contributed by atoms with E-state index in [0.717, 1.165) is 0 Å². The Morgan fingerprint density at radius 1 is 1.11 bits per heavy atom. The first-order chi connectivity index (χ1) is 8.45. The Labute approximate surface area is 111 Å². The third-order valence-electron chi connectivity index (χ3n) is 1.80. The molecule has 2 amide bonds. The van der Waals surface area contributed by atoms with Gasteiger partial charge in [-0.3, -0.25) is 14.4 Å². The number of hydrogen-bond donors (Lipinski definition) is 3. The topological polar surface area (TPSA) is 96.5 Å². The predicted octanol–water partition coefficient (Wildman–Crippen LogP) is -1.28. The van der Waals surface area contributed by atoms with Gasteiger partial charge in [0.15, 0.2) is 0 Å². The standard InChI is InChI=1S/C10H17N3O4S/c1-7(14)11-3-4-12-8(15)5-9(18)13-6-10(16)17-2/h3-6H2,1-2H3,(H,11,14)(H,12,15)(H,13,18). The van der Waals surface area contributed by atoms with E-state index in [4.69, 9.17) is 12.2 Å². The van der Waals surface area contributed by atoms with Crippen LogP contribution >= 0.6 is 12.2 Å². The van der Waals surface area contributed by atoms with Gasteiger partial charge in [-0.1, -0.05) is 12.2 Å². The van der Waals surface area contributed by atoms with Crippen molar-refractivity contribution in [3.63, 3.8) is 0 Å². The first-order valence-electron chi connectivity index (χ1n) is 5.30. The molecule has 0 rings (SSSR count). The summed E-state index contributed by atoms with van der Waals surface area (Å²) in [4.78, 5) is 32.9. The molecular formula is C10H17N3O4S. The zero-order valence-electron chi connectivity index (χ0n) is 10.4. The molecule has 0 aliphatic heterocycles. The van der Waals surface area contributed by atoms with Crippen molar-refractivity contribution in [2.75, 3.05) is 26.7 Å². The van der Waals surface area contributed by atoms with Crippen LogP contribution < -0.4 is 16.0 Å². The summed E-state index contributed by atoms with van der Waals surface area (Å²) in [6.07, 6.45) is -0.00754. The van der Waals surface area contributed by atoms with Gasteiger partial charge in [0.25, 0.3) is 0 Å². The minimum absolute atomic E-state index is 0.00754. The van der Waals surface area contributed by atoms with Crippen LogP contribution in [0.5, 0.6) is 0 Å². The van der Waals surface area contributed by atoms with Crippen LogP contribution in [0.4, 0.5) is 0 Å². The Morgan fingerprint density at radius 2 is 1.72 bits per heavy atom. The Hall–Kier alpha value is -1.70. The van der Waals surface area contributed by atoms with E-state index >= 15 is 0 Å². The molecule has 0 aromatic rings. The molecule has 0 aromatic heterocycles. The third kappa shape index (κ3) is 9.52. The van der Waals surface area contributed by atoms with Crippen LogP contribution in [0.15, 0.2) is 0 Å². The quantitative estimate of drug-likeness (QED) is 0.304. The molecule has 0 atom stereocenters. The maximum absolute atomic E-state index is 11.3. The van der Waals surface area contributed by atoms with Gasteiger partial charge >= 0.3 is 5.97 Å². The fourth-order valence-corrected chi connectivity index (χ4v) is 1.16. The molecule has 0 aliphatic carbocycles. The van der Waals surface area contributed by atoms with Crippen molar-refractivity contribution < 1.29 is 19.1 Å². The number of carbonyl (C=O) groups excluding carboxylic acids is 3. The van der Waals surface area contributed by atoms with E-state index in [2.05, 4.69) is 20.7 Å². The van der Waals surface area contributed by atoms with Crippen molar-refractivity contribution in [3.8, 4) is 0 Å². The van der Waals surface area contributed by atoms with Crippen LogP contribution in [0.1, 0.15) is 13.3 Å². The number of ether oxygens (including phenoxy) is 1. The summed E-state index contributed by atoms with van der Waals surface area (Å²) in [6, 6.07) is 0. The number of rotatable bonds is 7. The van der Waals surface area contributed by atoms with Crippen molar-refractivity contribution in [1.29, 1.82) is 0 Å². The summed E-state index contributed by atoms with van der Waals surface area (Å²) >= 11 is 4.87. The number of methoxy groups -OCH3 is 1. The first-order valence-corrected chi connectivity index (χ1v) is 5.71. The largest absolute Gasteiger partial charge is 0.468 e. The van der Waals surface area contributed by atoms with Gasteiger partial charge in [0.05, 0.1) is 18.5 Å². The number of carbonyl (C=O) groups is 3. The van der Waals surface area contributed by atoms with Crippen molar-refractivity contribution in [2.45, 2.75) is 13.3 Å². The molecule has 0 fully saturated rings. The molecule has 0 saturated heterocycles. The Balaban J connectivity index is 3.64. The SMILES string of the molecule is COC(=O)CNC(=S)CC(=O)NCCNC(C)=O. The number of thiocarbonyl (C=S) groups is 1. The molecule has 0 spiro atoms. The van der Waals surface area contributed by atoms with Gasteiger partial charge in [-0.2, -0.15) is 0 Å². The maximum Gasteiger partial charge on any atom is 0.325 e. The second-order valence-corrected chi connectivity index (χ2v) is 3.86. The van der Waals surface area contributed by atoms with Crippen LogP contribution in [0.25, 0.3) is 0 Å². The smallest absolute Gasteiger partial charge is 0.325 e. The molecule has 0 unspecified atom stereocenters. The monoisotopic (exact) mass is 275 g/mol. The van der Waals surface area contributed by atoms with Crippen LogP contribution in [0, 0.1) is 0 Å². The molecule has 0 aromatic carbocycles. The van der Waals surface area contributed by atoms with Crippen LogP contribution in [-0.2, 0) is 19.1 Å². The number of nitrogens with one attached hydrogen (secondary N) is 3. The molecule has 7 nitrogen and oxygen atoms in total. The minimum atomic E-state index is -0.455. The molecule has 0 aliphatic rings. The lowest BCUT2D eigenvalue weighted by molar-refractivity contribution is -0.139. The summed E-state index contributed by atoms with van der Waals surface area (Å²) in [7, 11) is 1.27. The summed E-state index contributed by atoms with van der Waals surface area (Å²) in [5, 5.41) is 7.71. The molecule has 0 saturated carbocycles. The van der Waals surface area contributed by atoms with Crippen molar-refractivity contribution in [1.82, 2.24) is 16.0 Å². The normalized spacial score (nSPS) is 9.22. The van der Waals surface area contributed by atoms with Gasteiger partial charge in [-0.25, -0.2) is 0 Å². The van der Waals surface area contributed by atoms with E-state index in [1.165, 1.54) is 14.0 Å². The fourth-order valence-electron chi connectivity index (χ4n) is 0.954. The summed E-state index contributed by atoms with van der Waals surface area (Å²) in [5.41, 5.74) is 0. The molecule has 0 radical (unpaired) electrons. The van der Waals surface area contributed by atoms with E-state index < -0.39 is 5.97 Å². The van der Waals surface area contributed by atoms with E-state index in [1.807, 2.05) is 0 Å². The predicted molar refractivity (Wildman–Crippen MR) is 68.9 cm³/mol. The molecular weight excluding hydrogens is 258 g/mol. The highest BCUT2D eigenvalue weighted by atomic mass is 32.1. The summed E-state index contributed by atoms with van der Waals surface area (Å²) < 4.78 is 4.41. The van der Waals surface area contributed by atoms with Crippen LogP contribution in [-0.4, -0.2) is 49.5 Å². The number of hydrogen-bond acceptors (Lipinski definition) is 5. The highest BCUT2D eigenvalue weighted by Gasteiger charge is 2.07.